The molecule has 9 atom stereocenters. The van der Waals surface area contributed by atoms with Crippen molar-refractivity contribution in [1.82, 2.24) is 0 Å². The predicted octanol–water partition coefficient (Wildman–Crippen LogP) is 9.47. The molecule has 0 aromatic heterocycles. The van der Waals surface area contributed by atoms with Gasteiger partial charge in [0.2, 0.25) is 0 Å². The lowest BCUT2D eigenvalue weighted by atomic mass is 9.43. The van der Waals surface area contributed by atoms with Crippen LogP contribution in [0.4, 0.5) is 5.69 Å². The number of benzene rings is 1. The highest BCUT2D eigenvalue weighted by Gasteiger charge is 2.60. The molecule has 0 heterocycles. The number of nitrogen functional groups attached to an aromatic ring is 1. The Morgan fingerprint density at radius 3 is 2.35 bits per heavy atom. The molecule has 0 bridgehead atoms. The summed E-state index contributed by atoms with van der Waals surface area (Å²) in [5.74, 6) is 7.29. The van der Waals surface area contributed by atoms with Gasteiger partial charge >= 0.3 is 0 Å². The average molecular weight is 464 g/mol. The molecule has 0 amide bonds. The molecule has 0 radical (unpaired) electrons. The minimum atomic E-state index is 0.524. The maximum Gasteiger partial charge on any atom is 0.0349 e. The van der Waals surface area contributed by atoms with Crippen LogP contribution >= 0.6 is 0 Å². The highest BCUT2D eigenvalue weighted by Crippen LogP contribution is 2.69. The number of hydrogen-bond donors (Lipinski definition) is 1. The number of nitrogens with two attached hydrogens (primary N) is 1. The molecule has 0 spiro atoms. The first kappa shape index (κ1) is 24.7. The van der Waals surface area contributed by atoms with E-state index in [1.807, 2.05) is 0 Å². The van der Waals surface area contributed by atoms with E-state index >= 15 is 0 Å². The summed E-state index contributed by atoms with van der Waals surface area (Å²) >= 11 is 0. The van der Waals surface area contributed by atoms with Gasteiger partial charge in [0.1, 0.15) is 0 Å². The van der Waals surface area contributed by atoms with Crippen molar-refractivity contribution in [3.63, 3.8) is 0 Å². The summed E-state index contributed by atoms with van der Waals surface area (Å²) in [6.07, 6.45) is 17.5. The lowest BCUT2D eigenvalue weighted by molar-refractivity contribution is -0.117. The van der Waals surface area contributed by atoms with Crippen LogP contribution in [0.25, 0.3) is 0 Å². The number of anilines is 1. The van der Waals surface area contributed by atoms with Crippen molar-refractivity contribution in [3.05, 3.63) is 29.8 Å². The summed E-state index contributed by atoms with van der Waals surface area (Å²) in [6, 6.07) is 8.76. The lowest BCUT2D eigenvalue weighted by Gasteiger charge is -2.61. The van der Waals surface area contributed by atoms with Crippen molar-refractivity contribution in [3.8, 4) is 0 Å². The van der Waals surface area contributed by atoms with Crippen molar-refractivity contribution in [2.24, 2.45) is 52.3 Å². The van der Waals surface area contributed by atoms with E-state index in [4.69, 9.17) is 5.73 Å². The first-order valence-corrected chi connectivity index (χ1v) is 15.1. The molecule has 190 valence electrons. The van der Waals surface area contributed by atoms with Gasteiger partial charge in [0, 0.05) is 5.69 Å². The van der Waals surface area contributed by atoms with E-state index < -0.39 is 0 Å². The van der Waals surface area contributed by atoms with Gasteiger partial charge in [-0.05, 0) is 128 Å². The quantitative estimate of drug-likeness (QED) is 0.418. The van der Waals surface area contributed by atoms with E-state index in [-0.39, 0.29) is 0 Å². The number of fused-ring (bicyclic) bond motifs is 5. The van der Waals surface area contributed by atoms with Crippen LogP contribution in [0.2, 0.25) is 0 Å². The summed E-state index contributed by atoms with van der Waals surface area (Å²) in [7, 11) is 0. The zero-order valence-electron chi connectivity index (χ0n) is 23.0. The summed E-state index contributed by atoms with van der Waals surface area (Å²) in [6.45, 7) is 12.9. The molecule has 5 rings (SSSR count). The Morgan fingerprint density at radius 2 is 1.59 bits per heavy atom. The summed E-state index contributed by atoms with van der Waals surface area (Å²) in [5, 5.41) is 0. The molecule has 4 aliphatic rings. The van der Waals surface area contributed by atoms with Gasteiger partial charge in [0.05, 0.1) is 0 Å². The fourth-order valence-electron chi connectivity index (χ4n) is 10.5. The number of rotatable bonds is 6. The molecule has 0 saturated heterocycles. The fourth-order valence-corrected chi connectivity index (χ4v) is 10.5. The van der Waals surface area contributed by atoms with Crippen molar-refractivity contribution in [2.45, 2.75) is 118 Å². The van der Waals surface area contributed by atoms with Crippen molar-refractivity contribution < 1.29 is 0 Å². The topological polar surface area (TPSA) is 26.0 Å². The zero-order chi connectivity index (χ0) is 24.1. The third kappa shape index (κ3) is 4.16. The third-order valence-corrected chi connectivity index (χ3v) is 12.3. The van der Waals surface area contributed by atoms with E-state index in [0.717, 1.165) is 47.1 Å². The van der Waals surface area contributed by atoms with Crippen LogP contribution in [-0.2, 0) is 0 Å². The summed E-state index contributed by atoms with van der Waals surface area (Å²) < 4.78 is 0. The van der Waals surface area contributed by atoms with Gasteiger partial charge < -0.3 is 5.73 Å². The highest BCUT2D eigenvalue weighted by molar-refractivity contribution is 5.48. The Kier molecular flexibility index (Phi) is 6.89. The third-order valence-electron chi connectivity index (χ3n) is 12.3. The molecule has 4 aliphatic carbocycles. The van der Waals surface area contributed by atoms with Gasteiger partial charge in [-0.1, -0.05) is 72.1 Å². The van der Waals surface area contributed by atoms with Crippen LogP contribution in [0.1, 0.15) is 123 Å². The van der Waals surface area contributed by atoms with E-state index in [1.165, 1.54) is 82.6 Å². The van der Waals surface area contributed by atoms with E-state index in [0.29, 0.717) is 16.7 Å². The predicted molar refractivity (Wildman–Crippen MR) is 147 cm³/mol. The Bertz CT molecular complexity index is 843. The normalized spacial score (nSPS) is 42.6. The van der Waals surface area contributed by atoms with Gasteiger partial charge in [-0.15, -0.1) is 0 Å². The van der Waals surface area contributed by atoms with Crippen LogP contribution in [0.3, 0.4) is 0 Å². The number of para-hydroxylation sites is 1. The minimum Gasteiger partial charge on any atom is -0.398 e. The molecule has 1 aromatic rings. The molecule has 1 heteroatoms. The second-order valence-corrected chi connectivity index (χ2v) is 14.3. The Morgan fingerprint density at radius 1 is 0.853 bits per heavy atom. The molecule has 34 heavy (non-hydrogen) atoms. The SMILES string of the molecule is CC(C)CCC[C@@H](C)[C@H]1CC[C@H]2[C@@H]3CCC4CCC(c5ccccc5N)C[C@]4(C)[C@H]3CC[C@]12C. The standard InChI is InChI=1S/C33H53N/c1-22(2)9-8-10-23(3)28-17-18-29-27-16-15-25-14-13-24(26-11-6-7-12-31(26)34)21-33(25,5)30(27)19-20-32(28,29)4/h6-7,11-12,22-25,27-30H,8-10,13-21,34H2,1-5H3/t23-,24?,25?,27+,28-,29+,30+,32-,33+/m1/s1. The average Bonchev–Trinajstić information content (AvgIpc) is 3.15. The van der Waals surface area contributed by atoms with Crippen molar-refractivity contribution in [2.75, 3.05) is 5.73 Å². The van der Waals surface area contributed by atoms with Gasteiger partial charge in [-0.25, -0.2) is 0 Å². The fraction of sp³-hybridized carbons (Fsp3) is 0.818. The second-order valence-electron chi connectivity index (χ2n) is 14.3. The Balaban J connectivity index is 1.32. The molecule has 2 N–H and O–H groups in total. The van der Waals surface area contributed by atoms with Gasteiger partial charge in [-0.2, -0.15) is 0 Å². The van der Waals surface area contributed by atoms with Crippen LogP contribution in [0, 0.1) is 52.3 Å². The maximum absolute atomic E-state index is 6.48. The Labute approximate surface area is 211 Å². The summed E-state index contributed by atoms with van der Waals surface area (Å²) in [5.41, 5.74) is 10.1. The Hall–Kier alpha value is -0.980. The molecule has 0 aliphatic heterocycles. The zero-order valence-corrected chi connectivity index (χ0v) is 23.0. The molecule has 2 unspecified atom stereocenters. The van der Waals surface area contributed by atoms with Crippen molar-refractivity contribution in [1.29, 1.82) is 0 Å². The largest absolute Gasteiger partial charge is 0.398 e. The van der Waals surface area contributed by atoms with Crippen molar-refractivity contribution >= 4 is 5.69 Å². The first-order chi connectivity index (χ1) is 16.2. The van der Waals surface area contributed by atoms with E-state index in [1.54, 1.807) is 0 Å². The van der Waals surface area contributed by atoms with Crippen LogP contribution in [0.5, 0.6) is 0 Å². The smallest absolute Gasteiger partial charge is 0.0349 e. The van der Waals surface area contributed by atoms with Gasteiger partial charge in [-0.3, -0.25) is 0 Å². The van der Waals surface area contributed by atoms with Gasteiger partial charge in [0.15, 0.2) is 0 Å². The minimum absolute atomic E-state index is 0.524. The van der Waals surface area contributed by atoms with Gasteiger partial charge in [0.25, 0.3) is 0 Å². The lowest BCUT2D eigenvalue weighted by Crippen LogP contribution is -2.53. The monoisotopic (exact) mass is 463 g/mol. The van der Waals surface area contributed by atoms with Crippen LogP contribution in [-0.4, -0.2) is 0 Å². The molecule has 4 fully saturated rings. The first-order valence-electron chi connectivity index (χ1n) is 15.1. The van der Waals surface area contributed by atoms with E-state index in [9.17, 15) is 0 Å². The van der Waals surface area contributed by atoms with E-state index in [2.05, 4.69) is 58.9 Å². The summed E-state index contributed by atoms with van der Waals surface area (Å²) in [4.78, 5) is 0. The molecule has 4 saturated carbocycles. The molecule has 1 aromatic carbocycles. The maximum atomic E-state index is 6.48. The van der Waals surface area contributed by atoms with Crippen LogP contribution in [0.15, 0.2) is 24.3 Å². The second kappa shape index (κ2) is 9.48. The highest BCUT2D eigenvalue weighted by atomic mass is 14.7. The van der Waals surface area contributed by atoms with Crippen LogP contribution < -0.4 is 5.73 Å². The molecule has 1 nitrogen and oxygen atoms in total. The molecular weight excluding hydrogens is 410 g/mol. The molecular formula is C33H53N. The number of hydrogen-bond acceptors (Lipinski definition) is 1.